The molecule has 1 amide bonds. The Kier molecular flexibility index (Phi) is 4.01. The summed E-state index contributed by atoms with van der Waals surface area (Å²) in [5, 5.41) is 0. The SMILES string of the molecule is Cc1ccc(C(=O)N(C)Cc2ccc(Br)s2)s1. The molecule has 0 saturated carbocycles. The van der Waals surface area contributed by atoms with Crippen molar-refractivity contribution in [3.8, 4) is 0 Å². The van der Waals surface area contributed by atoms with E-state index in [-0.39, 0.29) is 5.91 Å². The average molecular weight is 330 g/mol. The average Bonchev–Trinajstić information content (AvgIpc) is 2.87. The van der Waals surface area contributed by atoms with Gasteiger partial charge in [0.05, 0.1) is 15.2 Å². The lowest BCUT2D eigenvalue weighted by atomic mass is 10.3. The number of aryl methyl sites for hydroxylation is 1. The number of amides is 1. The second-order valence-electron chi connectivity index (χ2n) is 3.78. The maximum absolute atomic E-state index is 12.1. The number of rotatable bonds is 3. The standard InChI is InChI=1S/C12H12BrNOS2/c1-8-3-5-10(16-8)12(15)14(2)7-9-4-6-11(13)17-9/h3-6H,7H2,1-2H3. The van der Waals surface area contributed by atoms with Crippen molar-refractivity contribution in [3.05, 3.63) is 42.7 Å². The van der Waals surface area contributed by atoms with Crippen LogP contribution in [0.25, 0.3) is 0 Å². The molecule has 0 aliphatic heterocycles. The Morgan fingerprint density at radius 3 is 2.59 bits per heavy atom. The van der Waals surface area contributed by atoms with Crippen LogP contribution in [0.5, 0.6) is 0 Å². The van der Waals surface area contributed by atoms with E-state index in [0.29, 0.717) is 6.54 Å². The summed E-state index contributed by atoms with van der Waals surface area (Å²) in [7, 11) is 1.84. The van der Waals surface area contributed by atoms with Crippen LogP contribution in [0.4, 0.5) is 0 Å². The van der Waals surface area contributed by atoms with E-state index in [4.69, 9.17) is 0 Å². The van der Waals surface area contributed by atoms with Gasteiger partial charge in [-0.05, 0) is 47.1 Å². The van der Waals surface area contributed by atoms with Crippen LogP contribution in [-0.2, 0) is 6.54 Å². The van der Waals surface area contributed by atoms with Crippen LogP contribution in [0.15, 0.2) is 28.1 Å². The molecule has 2 aromatic rings. The number of halogens is 1. The molecule has 5 heteroatoms. The summed E-state index contributed by atoms with van der Waals surface area (Å²) in [5.41, 5.74) is 0. The first-order chi connectivity index (χ1) is 8.06. The minimum atomic E-state index is 0.0904. The molecule has 0 spiro atoms. The summed E-state index contributed by atoms with van der Waals surface area (Å²) in [6.07, 6.45) is 0. The molecular weight excluding hydrogens is 318 g/mol. The van der Waals surface area contributed by atoms with Gasteiger partial charge < -0.3 is 4.90 Å². The Bertz CT molecular complexity index is 532. The Balaban J connectivity index is 2.05. The minimum Gasteiger partial charge on any atom is -0.336 e. The van der Waals surface area contributed by atoms with Gasteiger partial charge in [0.1, 0.15) is 0 Å². The van der Waals surface area contributed by atoms with Crippen molar-refractivity contribution in [3.63, 3.8) is 0 Å². The van der Waals surface area contributed by atoms with Crippen LogP contribution in [0.3, 0.4) is 0 Å². The first-order valence-corrected chi connectivity index (χ1v) is 7.55. The van der Waals surface area contributed by atoms with Gasteiger partial charge in [0, 0.05) is 16.8 Å². The van der Waals surface area contributed by atoms with E-state index in [1.165, 1.54) is 9.75 Å². The van der Waals surface area contributed by atoms with Gasteiger partial charge in [-0.25, -0.2) is 0 Å². The monoisotopic (exact) mass is 329 g/mol. The molecule has 2 rings (SSSR count). The van der Waals surface area contributed by atoms with E-state index in [9.17, 15) is 4.79 Å². The number of carbonyl (C=O) groups excluding carboxylic acids is 1. The minimum absolute atomic E-state index is 0.0904. The van der Waals surface area contributed by atoms with Gasteiger partial charge >= 0.3 is 0 Å². The second kappa shape index (κ2) is 5.33. The van der Waals surface area contributed by atoms with Gasteiger partial charge in [-0.2, -0.15) is 0 Å². The van der Waals surface area contributed by atoms with Gasteiger partial charge in [0.15, 0.2) is 0 Å². The molecule has 0 bridgehead atoms. The number of nitrogens with zero attached hydrogens (tertiary/aromatic N) is 1. The van der Waals surface area contributed by atoms with Crippen molar-refractivity contribution < 1.29 is 4.79 Å². The molecule has 0 aromatic carbocycles. The van der Waals surface area contributed by atoms with E-state index in [2.05, 4.69) is 15.9 Å². The summed E-state index contributed by atoms with van der Waals surface area (Å²) in [4.78, 5) is 17.0. The molecule has 0 aliphatic rings. The highest BCUT2D eigenvalue weighted by atomic mass is 79.9. The predicted octanol–water partition coefficient (Wildman–Crippen LogP) is 4.15. The van der Waals surface area contributed by atoms with E-state index in [0.717, 1.165) is 8.66 Å². The maximum atomic E-state index is 12.1. The van der Waals surface area contributed by atoms with Crippen LogP contribution in [0, 0.1) is 6.92 Å². The van der Waals surface area contributed by atoms with Crippen molar-refractivity contribution in [2.75, 3.05) is 7.05 Å². The molecule has 0 unspecified atom stereocenters. The van der Waals surface area contributed by atoms with E-state index in [1.54, 1.807) is 27.6 Å². The summed E-state index contributed by atoms with van der Waals surface area (Å²) < 4.78 is 1.10. The van der Waals surface area contributed by atoms with Gasteiger partial charge in [0.25, 0.3) is 5.91 Å². The molecule has 90 valence electrons. The fraction of sp³-hybridized carbons (Fsp3) is 0.250. The molecule has 0 saturated heterocycles. The molecule has 0 radical (unpaired) electrons. The lowest BCUT2D eigenvalue weighted by molar-refractivity contribution is 0.0791. The highest BCUT2D eigenvalue weighted by Crippen LogP contribution is 2.24. The zero-order valence-corrected chi connectivity index (χ0v) is 12.8. The second-order valence-corrected chi connectivity index (χ2v) is 7.61. The third-order valence-corrected chi connectivity index (χ3v) is 4.92. The number of carbonyl (C=O) groups is 1. The number of thiophene rings is 2. The highest BCUT2D eigenvalue weighted by Gasteiger charge is 2.14. The first kappa shape index (κ1) is 12.8. The maximum Gasteiger partial charge on any atom is 0.263 e. The first-order valence-electron chi connectivity index (χ1n) is 5.12. The number of hydrogen-bond donors (Lipinski definition) is 0. The Morgan fingerprint density at radius 1 is 1.29 bits per heavy atom. The van der Waals surface area contributed by atoms with E-state index < -0.39 is 0 Å². The summed E-state index contributed by atoms with van der Waals surface area (Å²) in [6, 6.07) is 7.92. The van der Waals surface area contributed by atoms with Crippen LogP contribution < -0.4 is 0 Å². The van der Waals surface area contributed by atoms with Crippen molar-refractivity contribution >= 4 is 44.5 Å². The smallest absolute Gasteiger partial charge is 0.263 e. The van der Waals surface area contributed by atoms with Crippen molar-refractivity contribution in [2.24, 2.45) is 0 Å². The zero-order valence-electron chi connectivity index (χ0n) is 9.57. The van der Waals surface area contributed by atoms with Crippen molar-refractivity contribution in [2.45, 2.75) is 13.5 Å². The fourth-order valence-corrected chi connectivity index (χ4v) is 3.88. The molecule has 0 aliphatic carbocycles. The molecule has 2 heterocycles. The van der Waals surface area contributed by atoms with Crippen LogP contribution >= 0.6 is 38.6 Å². The summed E-state index contributed by atoms with van der Waals surface area (Å²) in [5.74, 6) is 0.0904. The fourth-order valence-electron chi connectivity index (χ4n) is 1.48. The number of hydrogen-bond acceptors (Lipinski definition) is 3. The Morgan fingerprint density at radius 2 is 2.06 bits per heavy atom. The normalized spacial score (nSPS) is 10.5. The Labute approximate surface area is 117 Å². The third-order valence-electron chi connectivity index (χ3n) is 2.32. The molecule has 2 nitrogen and oxygen atoms in total. The van der Waals surface area contributed by atoms with Crippen molar-refractivity contribution in [1.29, 1.82) is 0 Å². The molecule has 0 N–H and O–H groups in total. The largest absolute Gasteiger partial charge is 0.336 e. The van der Waals surface area contributed by atoms with Crippen LogP contribution in [0.1, 0.15) is 19.4 Å². The lowest BCUT2D eigenvalue weighted by Gasteiger charge is -2.14. The summed E-state index contributed by atoms with van der Waals surface area (Å²) in [6.45, 7) is 2.67. The molecular formula is C12H12BrNOS2. The van der Waals surface area contributed by atoms with Gasteiger partial charge in [-0.1, -0.05) is 0 Å². The zero-order chi connectivity index (χ0) is 12.4. The van der Waals surface area contributed by atoms with Gasteiger partial charge in [-0.3, -0.25) is 4.79 Å². The van der Waals surface area contributed by atoms with E-state index >= 15 is 0 Å². The topological polar surface area (TPSA) is 20.3 Å². The molecule has 2 aromatic heterocycles. The predicted molar refractivity (Wildman–Crippen MR) is 76.9 cm³/mol. The third kappa shape index (κ3) is 3.18. The molecule has 0 fully saturated rings. The highest BCUT2D eigenvalue weighted by molar-refractivity contribution is 9.11. The molecule has 17 heavy (non-hydrogen) atoms. The lowest BCUT2D eigenvalue weighted by Crippen LogP contribution is -2.24. The molecule has 0 atom stereocenters. The van der Waals surface area contributed by atoms with Gasteiger partial charge in [-0.15, -0.1) is 22.7 Å². The van der Waals surface area contributed by atoms with Crippen LogP contribution in [-0.4, -0.2) is 17.9 Å². The van der Waals surface area contributed by atoms with Crippen LogP contribution in [0.2, 0.25) is 0 Å². The Hall–Kier alpha value is -0.650. The van der Waals surface area contributed by atoms with Gasteiger partial charge in [0.2, 0.25) is 0 Å². The quantitative estimate of drug-likeness (QED) is 0.828. The van der Waals surface area contributed by atoms with Crippen molar-refractivity contribution in [1.82, 2.24) is 4.90 Å². The summed E-state index contributed by atoms with van der Waals surface area (Å²) >= 11 is 6.63. The van der Waals surface area contributed by atoms with E-state index in [1.807, 2.05) is 38.2 Å².